The van der Waals surface area contributed by atoms with Crippen molar-refractivity contribution in [3.05, 3.63) is 0 Å². The van der Waals surface area contributed by atoms with E-state index in [1.165, 1.54) is 45.1 Å². The molecule has 0 amide bonds. The lowest BCUT2D eigenvalue weighted by atomic mass is 9.77. The van der Waals surface area contributed by atoms with Crippen molar-refractivity contribution in [2.45, 2.75) is 44.6 Å². The van der Waals surface area contributed by atoms with Gasteiger partial charge in [-0.3, -0.25) is 0 Å². The lowest BCUT2D eigenvalue weighted by molar-refractivity contribution is 0.132. The minimum absolute atomic E-state index is 0.956. The molecule has 1 saturated heterocycles. The highest BCUT2D eigenvalue weighted by atomic mass is 15.1. The molecule has 1 nitrogen and oxygen atoms in total. The van der Waals surface area contributed by atoms with Crippen LogP contribution in [-0.2, 0) is 0 Å². The highest BCUT2D eigenvalue weighted by Gasteiger charge is 2.30. The molecule has 2 unspecified atom stereocenters. The zero-order valence-corrected chi connectivity index (χ0v) is 7.55. The number of fused-ring (bicyclic) bond motifs is 1. The summed E-state index contributed by atoms with van der Waals surface area (Å²) in [5, 5.41) is 0. The minimum atomic E-state index is 0.956. The van der Waals surface area contributed by atoms with Gasteiger partial charge in [0, 0.05) is 6.04 Å². The molecule has 11 heavy (non-hydrogen) atoms. The molecule has 0 aromatic heterocycles. The van der Waals surface area contributed by atoms with Crippen molar-refractivity contribution in [3.8, 4) is 0 Å². The van der Waals surface area contributed by atoms with E-state index in [0.29, 0.717) is 0 Å². The summed E-state index contributed by atoms with van der Waals surface area (Å²) in [5.74, 6) is 1.06. The van der Waals surface area contributed by atoms with Crippen LogP contribution in [-0.4, -0.2) is 25.4 Å². The summed E-state index contributed by atoms with van der Waals surface area (Å²) >= 11 is 0. The van der Waals surface area contributed by atoms with E-state index >= 15 is 0 Å². The van der Waals surface area contributed by atoms with Crippen LogP contribution in [0.5, 0.6) is 0 Å². The molecule has 0 aromatic rings. The van der Waals surface area contributed by atoms with E-state index in [1.54, 1.807) is 0 Å². The maximum atomic E-state index is 2.59. The molecule has 1 aliphatic carbocycles. The first kappa shape index (κ1) is 7.66. The predicted octanol–water partition coefficient (Wildman–Crippen LogP) is 1.19. The van der Waals surface area contributed by atoms with Crippen molar-refractivity contribution in [2.24, 2.45) is 5.92 Å². The van der Waals surface area contributed by atoms with Gasteiger partial charge in [-0.25, -0.2) is 0 Å². The highest BCUT2D eigenvalue weighted by Crippen LogP contribution is 2.33. The average Bonchev–Trinajstić information content (AvgIpc) is 2.06. The maximum Gasteiger partial charge on any atom is 0.185 e. The van der Waals surface area contributed by atoms with E-state index < -0.39 is 0 Å². The van der Waals surface area contributed by atoms with Crippen molar-refractivity contribution in [1.29, 1.82) is 0 Å². The van der Waals surface area contributed by atoms with Gasteiger partial charge in [0.15, 0.2) is 7.98 Å². The molecule has 0 N–H and O–H groups in total. The summed E-state index contributed by atoms with van der Waals surface area (Å²) in [7, 11) is 2.31. The van der Waals surface area contributed by atoms with Crippen LogP contribution in [0.15, 0.2) is 0 Å². The van der Waals surface area contributed by atoms with Crippen molar-refractivity contribution >= 4 is 7.98 Å². The molecule has 1 heterocycles. The van der Waals surface area contributed by atoms with Gasteiger partial charge in [-0.15, -0.1) is 0 Å². The van der Waals surface area contributed by atoms with Crippen LogP contribution in [0, 0.1) is 5.92 Å². The smallest absolute Gasteiger partial charge is 0.185 e. The summed E-state index contributed by atoms with van der Waals surface area (Å²) in [6.07, 6.45) is 8.91. The van der Waals surface area contributed by atoms with Crippen molar-refractivity contribution in [2.75, 3.05) is 6.54 Å². The summed E-state index contributed by atoms with van der Waals surface area (Å²) in [5.41, 5.74) is 0. The molecule has 0 spiro atoms. The van der Waals surface area contributed by atoms with Crippen LogP contribution in [0.4, 0.5) is 0 Å². The molecule has 62 valence electrons. The number of piperidine rings is 1. The molecule has 2 heteroatoms. The average molecular weight is 151 g/mol. The van der Waals surface area contributed by atoms with E-state index in [0.717, 1.165) is 12.0 Å². The third kappa shape index (κ3) is 1.46. The maximum absolute atomic E-state index is 2.59. The molecule has 2 rings (SSSR count). The fourth-order valence-corrected chi connectivity index (χ4v) is 2.87. The second-order valence-electron chi connectivity index (χ2n) is 4.23. The third-order valence-corrected chi connectivity index (χ3v) is 3.52. The zero-order chi connectivity index (χ0) is 7.68. The molecule has 2 fully saturated rings. The zero-order valence-electron chi connectivity index (χ0n) is 7.55. The molecular weight excluding hydrogens is 133 g/mol. The van der Waals surface area contributed by atoms with E-state index in [2.05, 4.69) is 12.8 Å². The summed E-state index contributed by atoms with van der Waals surface area (Å²) < 4.78 is 0. The summed E-state index contributed by atoms with van der Waals surface area (Å²) in [4.78, 5) is 2.59. The molecule has 0 radical (unpaired) electrons. The van der Waals surface area contributed by atoms with Crippen molar-refractivity contribution in [1.82, 2.24) is 4.81 Å². The van der Waals surface area contributed by atoms with Gasteiger partial charge in [-0.05, 0) is 38.1 Å². The van der Waals surface area contributed by atoms with Gasteiger partial charge >= 0.3 is 0 Å². The van der Waals surface area contributed by atoms with Gasteiger partial charge in [0.05, 0.1) is 0 Å². The monoisotopic (exact) mass is 151 g/mol. The molecule has 1 saturated carbocycles. The van der Waals surface area contributed by atoms with E-state index in [1.807, 2.05) is 0 Å². The fourth-order valence-electron chi connectivity index (χ4n) is 2.87. The molecule has 2 atom stereocenters. The van der Waals surface area contributed by atoms with Gasteiger partial charge in [0.1, 0.15) is 0 Å². The Hall–Kier alpha value is 0.0249. The predicted molar refractivity (Wildman–Crippen MR) is 50.2 cm³/mol. The van der Waals surface area contributed by atoms with Gasteiger partial charge < -0.3 is 4.81 Å². The first-order chi connectivity index (χ1) is 5.38. The Morgan fingerprint density at radius 3 is 2.55 bits per heavy atom. The second-order valence-corrected chi connectivity index (χ2v) is 4.23. The summed E-state index contributed by atoms with van der Waals surface area (Å²) in [6, 6.07) is 0.956. The van der Waals surface area contributed by atoms with Crippen molar-refractivity contribution < 1.29 is 0 Å². The number of hydrogen-bond donors (Lipinski definition) is 0. The Labute approximate surface area is 70.6 Å². The molecule has 0 aromatic carbocycles. The second kappa shape index (κ2) is 3.18. The van der Waals surface area contributed by atoms with Gasteiger partial charge in [-0.2, -0.15) is 0 Å². The largest absolute Gasteiger partial charge is 0.346 e. The van der Waals surface area contributed by atoms with Gasteiger partial charge in [0.25, 0.3) is 0 Å². The Balaban J connectivity index is 1.99. The number of nitrogens with zero attached hydrogens (tertiary/aromatic N) is 1. The molecular formula is C9H18BN. The SMILES string of the molecule is BN1CCCC2CCCCC21. The standard InChI is InChI=1S/C9H18BN/c10-11-7-3-5-8-4-1-2-6-9(8)11/h8-9H,1-7,10H2. The molecule has 2 aliphatic rings. The quantitative estimate of drug-likeness (QED) is 0.470. The lowest BCUT2D eigenvalue weighted by Gasteiger charge is -2.42. The Morgan fingerprint density at radius 2 is 1.73 bits per heavy atom. The van der Waals surface area contributed by atoms with Crippen molar-refractivity contribution in [3.63, 3.8) is 0 Å². The molecule has 1 aliphatic heterocycles. The van der Waals surface area contributed by atoms with Crippen LogP contribution in [0.3, 0.4) is 0 Å². The topological polar surface area (TPSA) is 3.24 Å². The van der Waals surface area contributed by atoms with E-state index in [-0.39, 0.29) is 0 Å². The molecule has 0 bridgehead atoms. The van der Waals surface area contributed by atoms with Gasteiger partial charge in [-0.1, -0.05) is 12.8 Å². The van der Waals surface area contributed by atoms with Gasteiger partial charge in [0.2, 0.25) is 0 Å². The number of rotatable bonds is 0. The first-order valence-electron chi connectivity index (χ1n) is 5.08. The van der Waals surface area contributed by atoms with Crippen LogP contribution < -0.4 is 0 Å². The Kier molecular flexibility index (Phi) is 2.21. The van der Waals surface area contributed by atoms with Crippen LogP contribution in [0.25, 0.3) is 0 Å². The third-order valence-electron chi connectivity index (χ3n) is 3.52. The first-order valence-corrected chi connectivity index (χ1v) is 5.08. The van der Waals surface area contributed by atoms with E-state index in [4.69, 9.17) is 0 Å². The van der Waals surface area contributed by atoms with E-state index in [9.17, 15) is 0 Å². The fraction of sp³-hybridized carbons (Fsp3) is 1.00. The normalized spacial score (nSPS) is 40.0. The summed E-state index contributed by atoms with van der Waals surface area (Å²) in [6.45, 7) is 1.35. The van der Waals surface area contributed by atoms with Crippen LogP contribution in [0.2, 0.25) is 0 Å². The van der Waals surface area contributed by atoms with Crippen LogP contribution in [0.1, 0.15) is 38.5 Å². The highest BCUT2D eigenvalue weighted by molar-refractivity contribution is 6.04. The Morgan fingerprint density at radius 1 is 1.00 bits per heavy atom. The number of hydrogen-bond acceptors (Lipinski definition) is 1. The lowest BCUT2D eigenvalue weighted by Crippen LogP contribution is -2.45. The van der Waals surface area contributed by atoms with Crippen LogP contribution >= 0.6 is 0 Å². The Bertz CT molecular complexity index is 136. The minimum Gasteiger partial charge on any atom is -0.346 e.